The first-order valence-electron chi connectivity index (χ1n) is 20.2. The van der Waals surface area contributed by atoms with E-state index in [2.05, 4.69) is 218 Å². The van der Waals surface area contributed by atoms with Gasteiger partial charge in [0.1, 0.15) is 0 Å². The summed E-state index contributed by atoms with van der Waals surface area (Å²) in [4.78, 5) is 0. The van der Waals surface area contributed by atoms with Crippen LogP contribution < -0.4 is 0 Å². The summed E-state index contributed by atoms with van der Waals surface area (Å²) in [6.45, 7) is 0. The molecule has 0 saturated carbocycles. The first-order valence-corrected chi connectivity index (χ1v) is 20.2. The highest BCUT2D eigenvalue weighted by molar-refractivity contribution is 6.31. The Kier molecular flexibility index (Phi) is 7.33. The SMILES string of the molecule is c1ccc(-c2ccc(-c3c4ccccc4c(-c4c5ccccc5c(-c5ccc6c7ccccc7c7ccccc7c6c5)c5ccccc45)c4ccccc34)cc2)cc1. The van der Waals surface area contributed by atoms with E-state index in [4.69, 9.17) is 0 Å². The molecule has 0 spiro atoms. The van der Waals surface area contributed by atoms with Crippen molar-refractivity contribution in [2.75, 3.05) is 0 Å². The molecule has 12 rings (SSSR count). The van der Waals surface area contributed by atoms with Crippen LogP contribution in [0, 0.1) is 0 Å². The molecule has 0 heterocycles. The lowest BCUT2D eigenvalue weighted by atomic mass is 9.80. The Morgan fingerprint density at radius 2 is 0.397 bits per heavy atom. The maximum atomic E-state index is 2.45. The van der Waals surface area contributed by atoms with Crippen LogP contribution in [0.15, 0.2) is 218 Å². The van der Waals surface area contributed by atoms with Crippen LogP contribution in [0.4, 0.5) is 0 Å². The molecule has 0 N–H and O–H groups in total. The summed E-state index contributed by atoms with van der Waals surface area (Å²) in [6.07, 6.45) is 0. The maximum absolute atomic E-state index is 2.45. The molecule has 0 atom stereocenters. The third-order valence-electron chi connectivity index (χ3n) is 12.4. The Morgan fingerprint density at radius 3 is 0.810 bits per heavy atom. The van der Waals surface area contributed by atoms with Gasteiger partial charge in [-0.1, -0.05) is 212 Å². The first kappa shape index (κ1) is 32.7. The van der Waals surface area contributed by atoms with E-state index in [9.17, 15) is 0 Å². The zero-order valence-corrected chi connectivity index (χ0v) is 31.8. The molecule has 0 fully saturated rings. The lowest BCUT2D eigenvalue weighted by Crippen LogP contribution is -1.95. The monoisotopic (exact) mass is 732 g/mol. The van der Waals surface area contributed by atoms with E-state index in [1.54, 1.807) is 0 Å². The van der Waals surface area contributed by atoms with Crippen molar-refractivity contribution >= 4 is 75.4 Å². The zero-order valence-electron chi connectivity index (χ0n) is 31.8. The molecule has 0 radical (unpaired) electrons. The van der Waals surface area contributed by atoms with Crippen LogP contribution >= 0.6 is 0 Å². The molecule has 0 aliphatic heterocycles. The topological polar surface area (TPSA) is 0 Å². The smallest absolute Gasteiger partial charge is 0.00139 e. The number of fused-ring (bicyclic) bond motifs is 10. The van der Waals surface area contributed by atoms with Crippen molar-refractivity contribution in [3.05, 3.63) is 218 Å². The molecular weight excluding hydrogens is 697 g/mol. The quantitative estimate of drug-likeness (QED) is 0.125. The number of hydrogen-bond acceptors (Lipinski definition) is 0. The van der Waals surface area contributed by atoms with Gasteiger partial charge in [0.25, 0.3) is 0 Å². The lowest BCUT2D eigenvalue weighted by Gasteiger charge is -2.22. The van der Waals surface area contributed by atoms with E-state index >= 15 is 0 Å². The molecule has 0 aromatic heterocycles. The van der Waals surface area contributed by atoms with Gasteiger partial charge < -0.3 is 0 Å². The fourth-order valence-corrected chi connectivity index (χ4v) is 9.94. The summed E-state index contributed by atoms with van der Waals surface area (Å²) < 4.78 is 0. The molecule has 12 aromatic carbocycles. The minimum atomic E-state index is 1.22. The molecule has 0 amide bonds. The van der Waals surface area contributed by atoms with Gasteiger partial charge in [0.2, 0.25) is 0 Å². The third kappa shape index (κ3) is 4.89. The third-order valence-corrected chi connectivity index (χ3v) is 12.4. The molecule has 12 aromatic rings. The predicted octanol–water partition coefficient (Wildman–Crippen LogP) is 16.4. The molecule has 0 bridgehead atoms. The van der Waals surface area contributed by atoms with Gasteiger partial charge in [-0.25, -0.2) is 0 Å². The zero-order chi connectivity index (χ0) is 38.2. The van der Waals surface area contributed by atoms with E-state index in [1.807, 2.05) is 0 Å². The number of hydrogen-bond donors (Lipinski definition) is 0. The minimum absolute atomic E-state index is 1.22. The summed E-state index contributed by atoms with van der Waals surface area (Å²) in [5.74, 6) is 0. The van der Waals surface area contributed by atoms with Crippen molar-refractivity contribution in [1.29, 1.82) is 0 Å². The molecule has 0 aliphatic rings. The Balaban J connectivity index is 1.15. The van der Waals surface area contributed by atoms with E-state index < -0.39 is 0 Å². The maximum Gasteiger partial charge on any atom is -0.00139 e. The van der Waals surface area contributed by atoms with Crippen LogP contribution in [-0.4, -0.2) is 0 Å². The molecule has 0 nitrogen and oxygen atoms in total. The fraction of sp³-hybridized carbons (Fsp3) is 0. The van der Waals surface area contributed by atoms with Crippen LogP contribution in [-0.2, 0) is 0 Å². The van der Waals surface area contributed by atoms with Crippen LogP contribution in [0.2, 0.25) is 0 Å². The van der Waals surface area contributed by atoms with Gasteiger partial charge in [-0.3, -0.25) is 0 Å². The molecule has 0 unspecified atom stereocenters. The Bertz CT molecular complexity index is 3440. The van der Waals surface area contributed by atoms with Gasteiger partial charge in [-0.2, -0.15) is 0 Å². The average molecular weight is 733 g/mol. The largest absolute Gasteiger partial charge is 0.0622 e. The molecule has 0 saturated heterocycles. The van der Waals surface area contributed by atoms with E-state index in [0.29, 0.717) is 0 Å². The molecule has 0 aliphatic carbocycles. The minimum Gasteiger partial charge on any atom is -0.0622 e. The highest BCUT2D eigenvalue weighted by Gasteiger charge is 2.22. The second-order valence-electron chi connectivity index (χ2n) is 15.5. The highest BCUT2D eigenvalue weighted by atomic mass is 14.3. The molecular formula is C58H36. The van der Waals surface area contributed by atoms with Crippen molar-refractivity contribution < 1.29 is 0 Å². The Labute approximate surface area is 336 Å². The van der Waals surface area contributed by atoms with Gasteiger partial charge in [0.15, 0.2) is 0 Å². The van der Waals surface area contributed by atoms with Crippen molar-refractivity contribution in [2.24, 2.45) is 0 Å². The summed E-state index contributed by atoms with van der Waals surface area (Å²) in [5.41, 5.74) is 10.0. The summed E-state index contributed by atoms with van der Waals surface area (Å²) in [5, 5.41) is 17.8. The van der Waals surface area contributed by atoms with E-state index in [-0.39, 0.29) is 0 Å². The summed E-state index contributed by atoms with van der Waals surface area (Å²) in [7, 11) is 0. The Morgan fingerprint density at radius 1 is 0.138 bits per heavy atom. The van der Waals surface area contributed by atoms with Gasteiger partial charge >= 0.3 is 0 Å². The lowest BCUT2D eigenvalue weighted by molar-refractivity contribution is 1.61. The Hall–Kier alpha value is -7.54. The van der Waals surface area contributed by atoms with E-state index in [1.165, 1.54) is 120 Å². The normalized spacial score (nSPS) is 11.8. The fourth-order valence-electron chi connectivity index (χ4n) is 9.94. The summed E-state index contributed by atoms with van der Waals surface area (Å²) in [6, 6.07) is 80.8. The summed E-state index contributed by atoms with van der Waals surface area (Å²) >= 11 is 0. The van der Waals surface area contributed by atoms with Crippen molar-refractivity contribution in [3.8, 4) is 44.5 Å². The molecule has 0 heteroatoms. The predicted molar refractivity (Wildman–Crippen MR) is 251 cm³/mol. The van der Waals surface area contributed by atoms with Crippen molar-refractivity contribution in [2.45, 2.75) is 0 Å². The average Bonchev–Trinajstić information content (AvgIpc) is 3.30. The van der Waals surface area contributed by atoms with Gasteiger partial charge in [0.05, 0.1) is 0 Å². The standard InChI is InChI=1S/C58H36/c1-2-16-37(17-3-1)38-30-32-39(33-31-38)55-46-22-8-12-26-50(46)57(51-27-13-9-23-47(51)55)58-52-28-14-10-24-48(52)56(49-25-11-15-29-53(49)58)40-34-35-45-43-20-5-4-18-41(43)42-19-6-7-21-44(42)54(45)36-40/h1-36H. The second kappa shape index (κ2) is 13.0. The number of rotatable bonds is 4. The highest BCUT2D eigenvalue weighted by Crippen LogP contribution is 2.50. The van der Waals surface area contributed by atoms with Crippen LogP contribution in [0.3, 0.4) is 0 Å². The van der Waals surface area contributed by atoms with E-state index in [0.717, 1.165) is 0 Å². The second-order valence-corrected chi connectivity index (χ2v) is 15.5. The molecule has 58 heavy (non-hydrogen) atoms. The number of benzene rings is 12. The van der Waals surface area contributed by atoms with Crippen LogP contribution in [0.1, 0.15) is 0 Å². The molecule has 268 valence electrons. The van der Waals surface area contributed by atoms with Gasteiger partial charge in [-0.05, 0) is 126 Å². The van der Waals surface area contributed by atoms with Crippen LogP contribution in [0.5, 0.6) is 0 Å². The van der Waals surface area contributed by atoms with Gasteiger partial charge in [-0.15, -0.1) is 0 Å². The van der Waals surface area contributed by atoms with Gasteiger partial charge in [0, 0.05) is 0 Å². The first-order chi connectivity index (χ1) is 28.8. The van der Waals surface area contributed by atoms with Crippen molar-refractivity contribution in [3.63, 3.8) is 0 Å². The van der Waals surface area contributed by atoms with Crippen LogP contribution in [0.25, 0.3) is 120 Å². The van der Waals surface area contributed by atoms with Crippen molar-refractivity contribution in [1.82, 2.24) is 0 Å².